The van der Waals surface area contributed by atoms with E-state index >= 15 is 0 Å². The molecule has 22 aromatic rings. The molecule has 0 radical (unpaired) electrons. The summed E-state index contributed by atoms with van der Waals surface area (Å²) >= 11 is 0. The normalized spacial score (nSPS) is 13.6. The summed E-state index contributed by atoms with van der Waals surface area (Å²) in [4.78, 5) is 10.6. The predicted octanol–water partition coefficient (Wildman–Crippen LogP) is 27.1. The molecule has 8 heteroatoms. The van der Waals surface area contributed by atoms with E-state index < -0.39 is 5.41 Å². The van der Waals surface area contributed by atoms with Gasteiger partial charge in [-0.3, -0.25) is 0 Å². The van der Waals surface area contributed by atoms with Crippen LogP contribution in [-0.2, 0) is 5.41 Å². The van der Waals surface area contributed by atoms with Crippen LogP contribution in [0.15, 0.2) is 461 Å². The molecule has 2 aromatic heterocycles. The predicted molar refractivity (Wildman–Crippen MR) is 541 cm³/mol. The van der Waals surface area contributed by atoms with Gasteiger partial charge < -0.3 is 28.7 Å². The number of benzene rings is 20. The second-order valence-corrected chi connectivity index (χ2v) is 35.2. The fourth-order valence-corrected chi connectivity index (χ4v) is 23.7. The molecule has 28 rings (SSSR count). The molecule has 0 bridgehead atoms. The van der Waals surface area contributed by atoms with Crippen molar-refractivity contribution < 1.29 is 0 Å². The molecule has 0 N–H and O–H groups in total. The van der Waals surface area contributed by atoms with Crippen LogP contribution in [0.1, 0.15) is 22.3 Å². The summed E-state index contributed by atoms with van der Waals surface area (Å²) in [6.45, 7) is -0.527. The molecule has 2 aliphatic carbocycles. The SMILES string of the molecule is c1ccc(-c2ccc3c(c2)B2c4cc5c(cc4N(c4ccccc4)c4cc(-n6c7ccccc7c7ccccc76)cc(c42)N3c2ccccc2-c2ccccc2)C2(c3ccccc3-5)c3ccccc3-c3cc4c(cc32)N(c2ccccc2)c2cc(-n3c5ccccc5c5ccccc53)cc3c2B4c2cc(-c4ccccc4)ccc2N3c2ccccc2-c2ccccc2)cc1. The van der Waals surface area contributed by atoms with Gasteiger partial charge in [-0.05, 0) is 220 Å². The fraction of sp³-hybridized carbons (Fsp3) is 0.00826. The lowest BCUT2D eigenvalue weighted by Gasteiger charge is -2.46. The van der Waals surface area contributed by atoms with Crippen molar-refractivity contribution in [2.45, 2.75) is 5.41 Å². The van der Waals surface area contributed by atoms with Gasteiger partial charge in [0.05, 0.1) is 50.2 Å². The molecule has 0 saturated heterocycles. The van der Waals surface area contributed by atoms with Crippen LogP contribution in [0, 0.1) is 0 Å². The van der Waals surface area contributed by atoms with Crippen LogP contribution in [-0.4, -0.2) is 22.6 Å². The molecule has 1 spiro atoms. The average Bonchev–Trinajstić information content (AvgIpc) is 1.44. The van der Waals surface area contributed by atoms with Gasteiger partial charge in [0.2, 0.25) is 0 Å². The van der Waals surface area contributed by atoms with E-state index in [-0.39, 0.29) is 13.4 Å². The van der Waals surface area contributed by atoms with Crippen LogP contribution < -0.4 is 52.4 Å². The first-order valence-electron chi connectivity index (χ1n) is 44.9. The van der Waals surface area contributed by atoms with Crippen LogP contribution >= 0.6 is 0 Å². The minimum atomic E-state index is -0.856. The van der Waals surface area contributed by atoms with E-state index in [0.717, 1.165) is 124 Å². The Hall–Kier alpha value is -16.7. The first-order chi connectivity index (χ1) is 64.1. The summed E-state index contributed by atoms with van der Waals surface area (Å²) in [5.41, 5.74) is 46.1. The Bertz CT molecular complexity index is 7870. The minimum Gasteiger partial charge on any atom is -0.311 e. The highest BCUT2D eigenvalue weighted by Crippen LogP contribution is 2.65. The smallest absolute Gasteiger partial charge is 0.252 e. The molecule has 6 aliphatic rings. The highest BCUT2D eigenvalue weighted by molar-refractivity contribution is 7.01. The number of aromatic nitrogens is 2. The minimum absolute atomic E-state index is 0.263. The first-order valence-corrected chi connectivity index (χ1v) is 44.9. The summed E-state index contributed by atoms with van der Waals surface area (Å²) in [7, 11) is 0. The van der Waals surface area contributed by atoms with Crippen molar-refractivity contribution in [3.8, 4) is 78.1 Å². The summed E-state index contributed by atoms with van der Waals surface area (Å²) in [6.07, 6.45) is 0. The molecule has 4 aliphatic heterocycles. The van der Waals surface area contributed by atoms with E-state index in [1.807, 2.05) is 0 Å². The molecule has 6 nitrogen and oxygen atoms in total. The largest absolute Gasteiger partial charge is 0.311 e. The highest BCUT2D eigenvalue weighted by atomic mass is 15.2. The molecule has 596 valence electrons. The Kier molecular flexibility index (Phi) is 15.4. The number of hydrogen-bond donors (Lipinski definition) is 0. The average molecular weight is 1640 g/mol. The molecule has 0 fully saturated rings. The third kappa shape index (κ3) is 10.2. The standard InChI is InChI=1S/C121H76B2N6/c1-7-35-77(36-8-1)81-63-65-111-101(67-81)122-103-73-95-89-49-19-27-55-97(89)121(99(95)75-113(103)124(83-43-15-5-16-44-83)115-69-85(126-107-59-31-23-51-91(107)92-52-24-32-60-108(92)126)71-117(119(115)122)128(111)105-57-29-21-47-87(105)79-39-11-3-12-40-79)98-56-28-20-50-90(98)96-74-104-114(76-100(96)121)125(84-45-17-6-18-46-84)116-70-86(127-109-61-33-25-53-93(109)94-54-26-34-62-110(94)127)72-118-120(116)123(104)102-68-82(78-37-9-2-10-38-78)64-66-112(102)129(118)106-58-30-22-48-88(106)80-41-13-4-14-42-80/h1-76H. The van der Waals surface area contributed by atoms with E-state index in [0.29, 0.717) is 0 Å². The van der Waals surface area contributed by atoms with E-state index in [9.17, 15) is 0 Å². The molecule has 129 heavy (non-hydrogen) atoms. The van der Waals surface area contributed by atoms with Crippen molar-refractivity contribution in [1.29, 1.82) is 0 Å². The van der Waals surface area contributed by atoms with E-state index in [1.54, 1.807) is 0 Å². The first kappa shape index (κ1) is 71.7. The fourth-order valence-electron chi connectivity index (χ4n) is 23.7. The van der Waals surface area contributed by atoms with E-state index in [4.69, 9.17) is 0 Å². The molecular formula is C121H76B2N6. The Morgan fingerprint density at radius 2 is 0.457 bits per heavy atom. The van der Waals surface area contributed by atoms with E-state index in [1.165, 1.54) is 121 Å². The van der Waals surface area contributed by atoms with Gasteiger partial charge in [-0.1, -0.05) is 352 Å². The van der Waals surface area contributed by atoms with Crippen LogP contribution in [0.2, 0.25) is 0 Å². The van der Waals surface area contributed by atoms with Gasteiger partial charge in [0.1, 0.15) is 0 Å². The molecule has 20 aromatic carbocycles. The topological polar surface area (TPSA) is 22.8 Å². The third-order valence-electron chi connectivity index (χ3n) is 28.8. The lowest BCUT2D eigenvalue weighted by atomic mass is 9.33. The van der Waals surface area contributed by atoms with Crippen molar-refractivity contribution in [1.82, 2.24) is 9.13 Å². The number of anilines is 12. The summed E-state index contributed by atoms with van der Waals surface area (Å²) < 4.78 is 5.06. The second-order valence-electron chi connectivity index (χ2n) is 35.2. The Morgan fingerprint density at radius 1 is 0.163 bits per heavy atom. The monoisotopic (exact) mass is 1630 g/mol. The quantitative estimate of drug-likeness (QED) is 0.127. The third-order valence-corrected chi connectivity index (χ3v) is 28.8. The summed E-state index contributed by atoms with van der Waals surface area (Å²) in [5.74, 6) is 0. The molecular weight excluding hydrogens is 1560 g/mol. The number of nitrogens with zero attached hydrogens (tertiary/aromatic N) is 6. The lowest BCUT2D eigenvalue weighted by Crippen LogP contribution is -2.61. The zero-order valence-electron chi connectivity index (χ0n) is 70.2. The van der Waals surface area contributed by atoms with Gasteiger partial charge in [0.15, 0.2) is 0 Å². The Labute approximate surface area is 748 Å². The van der Waals surface area contributed by atoms with Crippen molar-refractivity contribution in [3.63, 3.8) is 0 Å². The highest BCUT2D eigenvalue weighted by Gasteiger charge is 2.56. The van der Waals surface area contributed by atoms with Gasteiger partial charge in [-0.15, -0.1) is 0 Å². The van der Waals surface area contributed by atoms with Crippen molar-refractivity contribution >= 4 is 158 Å². The van der Waals surface area contributed by atoms with Crippen LogP contribution in [0.5, 0.6) is 0 Å². The molecule has 0 amide bonds. The van der Waals surface area contributed by atoms with Gasteiger partial charge in [-0.2, -0.15) is 0 Å². The second kappa shape index (κ2) is 27.7. The zero-order chi connectivity index (χ0) is 84.3. The van der Waals surface area contributed by atoms with Crippen LogP contribution in [0.25, 0.3) is 122 Å². The maximum Gasteiger partial charge on any atom is 0.252 e. The summed E-state index contributed by atoms with van der Waals surface area (Å²) in [6, 6.07) is 175. The van der Waals surface area contributed by atoms with E-state index in [2.05, 4.69) is 490 Å². The Balaban J connectivity index is 0.743. The van der Waals surface area contributed by atoms with Gasteiger partial charge >= 0.3 is 0 Å². The zero-order valence-corrected chi connectivity index (χ0v) is 70.2. The molecule has 6 heterocycles. The maximum atomic E-state index is 2.69. The van der Waals surface area contributed by atoms with Crippen LogP contribution in [0.4, 0.5) is 68.2 Å². The number of para-hydroxylation sites is 8. The molecule has 0 saturated carbocycles. The maximum absolute atomic E-state index is 2.69. The van der Waals surface area contributed by atoms with Gasteiger partial charge in [0.25, 0.3) is 13.4 Å². The number of fused-ring (bicyclic) bond motifs is 24. The van der Waals surface area contributed by atoms with Gasteiger partial charge in [0, 0.05) is 89.5 Å². The van der Waals surface area contributed by atoms with Crippen molar-refractivity contribution in [3.05, 3.63) is 483 Å². The van der Waals surface area contributed by atoms with Gasteiger partial charge in [-0.25, -0.2) is 0 Å². The molecule has 0 unspecified atom stereocenters. The summed E-state index contributed by atoms with van der Waals surface area (Å²) in [5, 5.41) is 4.85. The van der Waals surface area contributed by atoms with Crippen molar-refractivity contribution in [2.24, 2.45) is 0 Å². The lowest BCUT2D eigenvalue weighted by molar-refractivity contribution is 0.794. The van der Waals surface area contributed by atoms with Crippen LogP contribution in [0.3, 0.4) is 0 Å². The van der Waals surface area contributed by atoms with Crippen molar-refractivity contribution in [2.75, 3.05) is 19.6 Å². The number of hydrogen-bond acceptors (Lipinski definition) is 4. The molecule has 0 atom stereocenters. The number of rotatable bonds is 10. The Morgan fingerprint density at radius 3 is 0.829 bits per heavy atom.